The van der Waals surface area contributed by atoms with Crippen molar-refractivity contribution in [1.82, 2.24) is 9.78 Å². The zero-order valence-electron chi connectivity index (χ0n) is 11.5. The molecule has 0 unspecified atom stereocenters. The quantitative estimate of drug-likeness (QED) is 0.932. The predicted molar refractivity (Wildman–Crippen MR) is 70.7 cm³/mol. The zero-order chi connectivity index (χ0) is 14.9. The summed E-state index contributed by atoms with van der Waals surface area (Å²) < 4.78 is 20.3. The number of methoxy groups -OCH3 is 1. The minimum atomic E-state index is -1.03. The largest absolute Gasteiger partial charge is 0.497 e. The van der Waals surface area contributed by atoms with E-state index in [1.807, 2.05) is 0 Å². The number of nitrogens with zero attached hydrogens (tertiary/aromatic N) is 2. The van der Waals surface area contributed by atoms with Gasteiger partial charge in [0.15, 0.2) is 0 Å². The van der Waals surface area contributed by atoms with Crippen molar-refractivity contribution in [2.75, 3.05) is 7.11 Å². The maximum Gasteiger partial charge on any atom is 0.339 e. The second-order valence-electron chi connectivity index (χ2n) is 4.47. The molecule has 0 amide bonds. The Kier molecular flexibility index (Phi) is 3.74. The summed E-state index contributed by atoms with van der Waals surface area (Å²) in [6.45, 7) is 3.46. The summed E-state index contributed by atoms with van der Waals surface area (Å²) in [6.07, 6.45) is 0. The van der Waals surface area contributed by atoms with E-state index in [0.29, 0.717) is 22.7 Å². The van der Waals surface area contributed by atoms with Crippen molar-refractivity contribution < 1.29 is 19.0 Å². The lowest BCUT2D eigenvalue weighted by Gasteiger charge is -2.07. The van der Waals surface area contributed by atoms with E-state index in [0.717, 1.165) is 0 Å². The average Bonchev–Trinajstić information content (AvgIpc) is 2.66. The summed E-state index contributed by atoms with van der Waals surface area (Å²) >= 11 is 0. The van der Waals surface area contributed by atoms with Crippen molar-refractivity contribution in [3.63, 3.8) is 0 Å². The molecule has 0 fully saturated rings. The summed E-state index contributed by atoms with van der Waals surface area (Å²) in [4.78, 5) is 11.1. The van der Waals surface area contributed by atoms with E-state index >= 15 is 0 Å². The minimum Gasteiger partial charge on any atom is -0.497 e. The number of aryl methyl sites for hydroxylation is 1. The predicted octanol–water partition coefficient (Wildman–Crippen LogP) is 2.39. The van der Waals surface area contributed by atoms with Crippen molar-refractivity contribution in [2.45, 2.75) is 20.4 Å². The van der Waals surface area contributed by atoms with Crippen LogP contribution in [0.4, 0.5) is 4.39 Å². The van der Waals surface area contributed by atoms with Gasteiger partial charge in [-0.2, -0.15) is 5.10 Å². The topological polar surface area (TPSA) is 64.4 Å². The monoisotopic (exact) mass is 278 g/mol. The molecule has 5 nitrogen and oxygen atoms in total. The molecule has 1 N–H and O–H groups in total. The number of hydrogen-bond donors (Lipinski definition) is 1. The van der Waals surface area contributed by atoms with E-state index in [-0.39, 0.29) is 12.1 Å². The Balaban J connectivity index is 2.36. The summed E-state index contributed by atoms with van der Waals surface area (Å²) in [7, 11) is 1.47. The summed E-state index contributed by atoms with van der Waals surface area (Å²) in [5, 5.41) is 13.3. The van der Waals surface area contributed by atoms with Gasteiger partial charge in [0.1, 0.15) is 17.1 Å². The van der Waals surface area contributed by atoms with E-state index in [9.17, 15) is 9.18 Å². The molecule has 6 heteroatoms. The third-order valence-corrected chi connectivity index (χ3v) is 3.18. The fourth-order valence-corrected chi connectivity index (χ4v) is 2.10. The fourth-order valence-electron chi connectivity index (χ4n) is 2.10. The van der Waals surface area contributed by atoms with Gasteiger partial charge in [-0.25, -0.2) is 9.18 Å². The maximum atomic E-state index is 13.9. The number of halogens is 1. The van der Waals surface area contributed by atoms with Crippen molar-refractivity contribution in [3.8, 4) is 5.75 Å². The molecule has 1 aromatic heterocycles. The lowest BCUT2D eigenvalue weighted by Crippen LogP contribution is -2.07. The highest BCUT2D eigenvalue weighted by atomic mass is 19.1. The van der Waals surface area contributed by atoms with Gasteiger partial charge in [-0.15, -0.1) is 0 Å². The Morgan fingerprint density at radius 1 is 1.45 bits per heavy atom. The molecule has 2 aromatic rings. The lowest BCUT2D eigenvalue weighted by molar-refractivity contribution is 0.0695. The zero-order valence-corrected chi connectivity index (χ0v) is 11.5. The molecule has 1 aromatic carbocycles. The van der Waals surface area contributed by atoms with Crippen LogP contribution in [-0.4, -0.2) is 28.0 Å². The fraction of sp³-hybridized carbons (Fsp3) is 0.286. The highest BCUT2D eigenvalue weighted by molar-refractivity contribution is 5.90. The first kappa shape index (κ1) is 14.0. The molecule has 2 rings (SSSR count). The third kappa shape index (κ3) is 2.49. The number of aromatic carboxylic acids is 1. The summed E-state index contributed by atoms with van der Waals surface area (Å²) in [5.74, 6) is -0.999. The standard InChI is InChI=1S/C14H15FN2O3/c1-8-13(14(18)19)9(2)17(16-8)7-10-4-5-11(20-3)6-12(10)15/h4-6H,7H2,1-3H3,(H,18,19). The number of benzene rings is 1. The molecular formula is C14H15FN2O3. The SMILES string of the molecule is COc1ccc(Cn2nc(C)c(C(=O)O)c2C)c(F)c1. The molecule has 0 aliphatic heterocycles. The van der Waals surface area contributed by atoms with E-state index < -0.39 is 11.8 Å². The molecular weight excluding hydrogens is 263 g/mol. The number of carboxylic acids is 1. The smallest absolute Gasteiger partial charge is 0.339 e. The summed E-state index contributed by atoms with van der Waals surface area (Å²) in [5.41, 5.74) is 1.52. The third-order valence-electron chi connectivity index (χ3n) is 3.18. The van der Waals surface area contributed by atoms with Gasteiger partial charge in [0.05, 0.1) is 25.0 Å². The molecule has 0 saturated carbocycles. The van der Waals surface area contributed by atoms with E-state index in [4.69, 9.17) is 9.84 Å². The van der Waals surface area contributed by atoms with Crippen molar-refractivity contribution >= 4 is 5.97 Å². The van der Waals surface area contributed by atoms with Crippen LogP contribution >= 0.6 is 0 Å². The second kappa shape index (κ2) is 5.32. The molecule has 106 valence electrons. The first-order valence-corrected chi connectivity index (χ1v) is 6.03. The van der Waals surface area contributed by atoms with Crippen LogP contribution in [0.15, 0.2) is 18.2 Å². The summed E-state index contributed by atoms with van der Waals surface area (Å²) in [6, 6.07) is 4.55. The molecule has 0 spiro atoms. The normalized spacial score (nSPS) is 10.6. The van der Waals surface area contributed by atoms with Gasteiger partial charge in [-0.05, 0) is 19.9 Å². The number of ether oxygens (including phenoxy) is 1. The first-order valence-electron chi connectivity index (χ1n) is 6.03. The average molecular weight is 278 g/mol. The highest BCUT2D eigenvalue weighted by Gasteiger charge is 2.18. The molecule has 0 bridgehead atoms. The van der Waals surface area contributed by atoms with Crippen molar-refractivity contribution in [3.05, 3.63) is 46.5 Å². The number of carboxylic acid groups (broad SMARTS) is 1. The highest BCUT2D eigenvalue weighted by Crippen LogP contribution is 2.19. The van der Waals surface area contributed by atoms with E-state index in [2.05, 4.69) is 5.10 Å². The molecule has 0 saturated heterocycles. The van der Waals surface area contributed by atoms with Crippen molar-refractivity contribution in [2.24, 2.45) is 0 Å². The Hall–Kier alpha value is -2.37. The van der Waals surface area contributed by atoms with Gasteiger partial charge in [0.2, 0.25) is 0 Å². The first-order chi connectivity index (χ1) is 9.43. The van der Waals surface area contributed by atoms with Crippen LogP contribution in [0.5, 0.6) is 5.75 Å². The molecule has 0 aliphatic rings. The number of rotatable bonds is 4. The Labute approximate surface area is 115 Å². The van der Waals surface area contributed by atoms with Crippen molar-refractivity contribution in [1.29, 1.82) is 0 Å². The van der Waals surface area contributed by atoms with Crippen LogP contribution in [0, 0.1) is 19.7 Å². The lowest BCUT2D eigenvalue weighted by atomic mass is 10.2. The minimum absolute atomic E-state index is 0.166. The van der Waals surface area contributed by atoms with Gasteiger partial charge in [0.25, 0.3) is 0 Å². The number of aromatic nitrogens is 2. The Morgan fingerprint density at radius 2 is 2.15 bits per heavy atom. The van der Waals surface area contributed by atoms with Gasteiger partial charge < -0.3 is 9.84 Å². The van der Waals surface area contributed by atoms with Crippen LogP contribution in [0.1, 0.15) is 27.3 Å². The maximum absolute atomic E-state index is 13.9. The Bertz CT molecular complexity index is 665. The van der Waals surface area contributed by atoms with Crippen LogP contribution in [0.2, 0.25) is 0 Å². The van der Waals surface area contributed by atoms with Crippen LogP contribution in [0.25, 0.3) is 0 Å². The van der Waals surface area contributed by atoms with Gasteiger partial charge in [0, 0.05) is 11.6 Å². The second-order valence-corrected chi connectivity index (χ2v) is 4.47. The van der Waals surface area contributed by atoms with Crippen LogP contribution < -0.4 is 4.74 Å². The van der Waals surface area contributed by atoms with Crippen LogP contribution in [-0.2, 0) is 6.54 Å². The van der Waals surface area contributed by atoms with Gasteiger partial charge in [-0.3, -0.25) is 4.68 Å². The van der Waals surface area contributed by atoms with E-state index in [1.54, 1.807) is 26.0 Å². The molecule has 0 atom stereocenters. The van der Waals surface area contributed by atoms with E-state index in [1.165, 1.54) is 17.9 Å². The molecule has 1 heterocycles. The number of carbonyl (C=O) groups is 1. The molecule has 20 heavy (non-hydrogen) atoms. The number of hydrogen-bond acceptors (Lipinski definition) is 3. The van der Waals surface area contributed by atoms with Crippen LogP contribution in [0.3, 0.4) is 0 Å². The Morgan fingerprint density at radius 3 is 2.65 bits per heavy atom. The van der Waals surface area contributed by atoms with Gasteiger partial charge in [-0.1, -0.05) is 6.07 Å². The van der Waals surface area contributed by atoms with Gasteiger partial charge >= 0.3 is 5.97 Å². The molecule has 0 radical (unpaired) electrons. The molecule has 0 aliphatic carbocycles.